The average molecular weight is 710 g/mol. The molecule has 7 heterocycles. The minimum Gasteiger partial charge on any atom is -0.496 e. The van der Waals surface area contributed by atoms with Crippen LogP contribution in [0.3, 0.4) is 0 Å². The van der Waals surface area contributed by atoms with Crippen molar-refractivity contribution < 1.29 is 37.3 Å². The lowest BCUT2D eigenvalue weighted by atomic mass is 9.62. The zero-order valence-electron chi connectivity index (χ0n) is 29.4. The van der Waals surface area contributed by atoms with E-state index < -0.39 is 17.2 Å². The molecule has 8 rings (SSSR count). The zero-order chi connectivity index (χ0) is 36.3. The first-order chi connectivity index (χ1) is 24.6. The molecule has 3 aromatic rings. The number of aromatic nitrogens is 2. The number of benzene rings is 1. The topological polar surface area (TPSA) is 108 Å². The number of piperidine rings is 4. The second-order valence-electron chi connectivity index (χ2n) is 13.8. The molecule has 1 amide bonds. The third-order valence-electron chi connectivity index (χ3n) is 11.3. The Balaban J connectivity index is 0.00000144. The number of nitrogens with zero attached hydrogens (tertiary/aromatic N) is 5. The van der Waals surface area contributed by atoms with Gasteiger partial charge in [0.05, 0.1) is 48.8 Å². The third kappa shape index (κ3) is 6.96. The summed E-state index contributed by atoms with van der Waals surface area (Å²) in [7, 11) is 1.28. The van der Waals surface area contributed by atoms with Gasteiger partial charge in [-0.05, 0) is 87.0 Å². The van der Waals surface area contributed by atoms with E-state index in [1.165, 1.54) is 13.2 Å². The molecule has 51 heavy (non-hydrogen) atoms. The van der Waals surface area contributed by atoms with E-state index in [0.717, 1.165) is 61.4 Å². The first kappa shape index (κ1) is 36.4. The average Bonchev–Trinajstić information content (AvgIpc) is 3.15. The van der Waals surface area contributed by atoms with Crippen LogP contribution in [0.4, 0.5) is 18.9 Å². The number of methoxy groups -OCH3 is 1. The van der Waals surface area contributed by atoms with Gasteiger partial charge in [0.1, 0.15) is 11.3 Å². The molecule has 3 atom stereocenters. The number of pyridine rings is 2. The highest BCUT2D eigenvalue weighted by molar-refractivity contribution is 5.80. The summed E-state index contributed by atoms with van der Waals surface area (Å²) in [5.74, 6) is 0.845. The number of alkyl halides is 3. The molecule has 1 N–H and O–H groups in total. The van der Waals surface area contributed by atoms with E-state index in [9.17, 15) is 18.0 Å². The Morgan fingerprint density at radius 2 is 1.84 bits per heavy atom. The van der Waals surface area contributed by atoms with Crippen LogP contribution in [0.1, 0.15) is 56.4 Å². The second kappa shape index (κ2) is 15.1. The van der Waals surface area contributed by atoms with Gasteiger partial charge >= 0.3 is 6.18 Å². The summed E-state index contributed by atoms with van der Waals surface area (Å²) in [5.41, 5.74) is 2.41. The van der Waals surface area contributed by atoms with Gasteiger partial charge in [0.15, 0.2) is 0 Å². The lowest BCUT2D eigenvalue weighted by molar-refractivity contribution is -0.145. The van der Waals surface area contributed by atoms with Crippen LogP contribution in [0.25, 0.3) is 11.3 Å². The van der Waals surface area contributed by atoms with Gasteiger partial charge in [0, 0.05) is 37.8 Å². The molecule has 274 valence electrons. The Labute approximate surface area is 296 Å². The smallest absolute Gasteiger partial charge is 0.421 e. The van der Waals surface area contributed by atoms with Crippen LogP contribution >= 0.6 is 0 Å². The van der Waals surface area contributed by atoms with Gasteiger partial charge in [-0.15, -0.1) is 0 Å². The lowest BCUT2D eigenvalue weighted by Gasteiger charge is -2.54. The van der Waals surface area contributed by atoms with Crippen molar-refractivity contribution in [2.75, 3.05) is 57.9 Å². The van der Waals surface area contributed by atoms with E-state index in [1.54, 1.807) is 18.3 Å². The lowest BCUT2D eigenvalue weighted by Crippen LogP contribution is -2.61. The molecular weight excluding hydrogens is 663 g/mol. The summed E-state index contributed by atoms with van der Waals surface area (Å²) in [6.07, 6.45) is 0.551. The Kier molecular flexibility index (Phi) is 10.8. The number of fused-ring (bicyclic) bond motifs is 5. The minimum atomic E-state index is -4.57. The summed E-state index contributed by atoms with van der Waals surface area (Å²) in [4.78, 5) is 38.8. The fraction of sp³-hybridized carbons (Fsp3) is 0.526. The van der Waals surface area contributed by atoms with E-state index in [1.807, 2.05) is 34.9 Å². The molecule has 0 saturated carbocycles. The molecule has 0 radical (unpaired) electrons. The molecule has 1 aromatic carbocycles. The van der Waals surface area contributed by atoms with Crippen LogP contribution in [-0.2, 0) is 27.7 Å². The number of hydrogen-bond acceptors (Lipinski definition) is 8. The van der Waals surface area contributed by atoms with Crippen molar-refractivity contribution >= 4 is 18.1 Å². The Morgan fingerprint density at radius 3 is 2.49 bits per heavy atom. The standard InChI is InChI=1S/C37H44F3N5O3.CH2O2/c1-4-25-20-44(31-9-6-10-32(47-3)33(31)37(38,39)40)19-15-36(25)23-45(35(46)27-21-43-17-13-24(27)14-18-43)22-30-28(36)11-12-29(42-30)26-8-7-16-41-34(26)48-5-2;2-1-3/h6-12,16,24-25,27H,4-5,13-15,17-23H2,1-3H3;1H,(H,2,3)/t25-,27+,36+;/m1./s1. The van der Waals surface area contributed by atoms with E-state index >= 15 is 0 Å². The van der Waals surface area contributed by atoms with Crippen molar-refractivity contribution in [2.24, 2.45) is 17.8 Å². The highest BCUT2D eigenvalue weighted by atomic mass is 19.4. The maximum Gasteiger partial charge on any atom is 0.421 e. The minimum absolute atomic E-state index is 0.0236. The molecule has 13 heteroatoms. The summed E-state index contributed by atoms with van der Waals surface area (Å²) in [5, 5.41) is 6.89. The maximum absolute atomic E-state index is 14.5. The molecule has 0 aliphatic carbocycles. The third-order valence-corrected chi connectivity index (χ3v) is 11.3. The fourth-order valence-corrected chi connectivity index (χ4v) is 8.97. The van der Waals surface area contributed by atoms with Crippen molar-refractivity contribution in [1.29, 1.82) is 0 Å². The molecular formula is C38H46F3N5O5. The van der Waals surface area contributed by atoms with Gasteiger partial charge in [-0.1, -0.05) is 25.5 Å². The highest BCUT2D eigenvalue weighted by Crippen LogP contribution is 2.50. The first-order valence-corrected chi connectivity index (χ1v) is 17.7. The largest absolute Gasteiger partial charge is 0.496 e. The monoisotopic (exact) mass is 709 g/mol. The second-order valence-corrected chi connectivity index (χ2v) is 13.8. The van der Waals surface area contributed by atoms with Crippen LogP contribution in [0.15, 0.2) is 48.7 Å². The van der Waals surface area contributed by atoms with E-state index in [0.29, 0.717) is 51.0 Å². The van der Waals surface area contributed by atoms with Crippen molar-refractivity contribution in [3.63, 3.8) is 0 Å². The number of carboxylic acid groups (broad SMARTS) is 1. The molecule has 1 spiro atoms. The SMILES string of the molecule is CCOc1ncccc1-c1ccc2c(n1)CN(C(=O)[C@H]1CN3CCC1CC3)C[C@]21CCN(c2cccc(OC)c2C(F)(F)F)C[C@H]1CC.O=CO. The quantitative estimate of drug-likeness (QED) is 0.290. The molecule has 0 unspecified atom stereocenters. The number of halogens is 3. The van der Waals surface area contributed by atoms with Gasteiger partial charge in [0.2, 0.25) is 11.8 Å². The highest BCUT2D eigenvalue weighted by Gasteiger charge is 2.52. The molecule has 4 fully saturated rings. The first-order valence-electron chi connectivity index (χ1n) is 17.7. The Bertz CT molecular complexity index is 1720. The predicted octanol–water partition coefficient (Wildman–Crippen LogP) is 6.13. The van der Waals surface area contributed by atoms with Crippen molar-refractivity contribution in [2.45, 2.75) is 57.7 Å². The Morgan fingerprint density at radius 1 is 1.08 bits per heavy atom. The van der Waals surface area contributed by atoms with Crippen molar-refractivity contribution in [1.82, 2.24) is 19.8 Å². The number of carbonyl (C=O) groups excluding carboxylic acids is 1. The van der Waals surface area contributed by atoms with E-state index in [4.69, 9.17) is 24.4 Å². The number of anilines is 1. The molecule has 4 saturated heterocycles. The van der Waals surface area contributed by atoms with Gasteiger partial charge in [0.25, 0.3) is 6.47 Å². The number of hydrogen-bond donors (Lipinski definition) is 1. The van der Waals surface area contributed by atoms with Gasteiger partial charge in [-0.25, -0.2) is 4.98 Å². The van der Waals surface area contributed by atoms with E-state index in [-0.39, 0.29) is 35.7 Å². The number of amides is 1. The fourth-order valence-electron chi connectivity index (χ4n) is 8.97. The molecule has 5 aliphatic rings. The number of ether oxygens (including phenoxy) is 2. The van der Waals surface area contributed by atoms with Crippen LogP contribution in [0, 0.1) is 17.8 Å². The van der Waals surface area contributed by atoms with Crippen molar-refractivity contribution in [3.8, 4) is 22.9 Å². The summed E-state index contributed by atoms with van der Waals surface area (Å²) in [6, 6.07) is 12.5. The van der Waals surface area contributed by atoms with Gasteiger partial charge in [-0.3, -0.25) is 14.6 Å². The molecule has 10 nitrogen and oxygen atoms in total. The van der Waals surface area contributed by atoms with Crippen LogP contribution in [0.2, 0.25) is 0 Å². The summed E-state index contributed by atoms with van der Waals surface area (Å²) in [6.45, 7) is 8.92. The normalized spacial score (nSPS) is 25.5. The molecule has 2 bridgehead atoms. The summed E-state index contributed by atoms with van der Waals surface area (Å²) >= 11 is 0. The predicted molar refractivity (Wildman–Crippen MR) is 186 cm³/mol. The van der Waals surface area contributed by atoms with Gasteiger partial charge in [-0.2, -0.15) is 13.2 Å². The zero-order valence-corrected chi connectivity index (χ0v) is 29.4. The van der Waals surface area contributed by atoms with Gasteiger partial charge < -0.3 is 29.3 Å². The van der Waals surface area contributed by atoms with Crippen LogP contribution < -0.4 is 14.4 Å². The van der Waals surface area contributed by atoms with E-state index in [2.05, 4.69) is 22.9 Å². The van der Waals surface area contributed by atoms with Crippen molar-refractivity contribution in [3.05, 3.63) is 65.5 Å². The van der Waals surface area contributed by atoms with Crippen LogP contribution in [0.5, 0.6) is 11.6 Å². The Hall–Kier alpha value is -4.39. The van der Waals surface area contributed by atoms with Crippen LogP contribution in [-0.4, -0.2) is 90.2 Å². The number of carbonyl (C=O) groups is 2. The molecule has 2 aromatic heterocycles. The molecule has 5 aliphatic heterocycles. The maximum atomic E-state index is 14.5. The summed E-state index contributed by atoms with van der Waals surface area (Å²) < 4.78 is 54.3. The number of rotatable bonds is 7.